The van der Waals surface area contributed by atoms with Crippen molar-refractivity contribution in [1.29, 1.82) is 0 Å². The smallest absolute Gasteiger partial charge is 0.227 e. The fourth-order valence-electron chi connectivity index (χ4n) is 3.21. The number of amides is 1. The Kier molecular flexibility index (Phi) is 4.62. The predicted molar refractivity (Wildman–Crippen MR) is 71.1 cm³/mol. The van der Waals surface area contributed by atoms with Crippen LogP contribution in [0.5, 0.6) is 0 Å². The van der Waals surface area contributed by atoms with Gasteiger partial charge in [0, 0.05) is 25.6 Å². The highest BCUT2D eigenvalue weighted by Crippen LogP contribution is 2.35. The molecule has 0 aromatic carbocycles. The van der Waals surface area contributed by atoms with E-state index in [0.29, 0.717) is 12.5 Å². The van der Waals surface area contributed by atoms with Crippen molar-refractivity contribution in [3.63, 3.8) is 0 Å². The van der Waals surface area contributed by atoms with E-state index in [0.717, 1.165) is 45.3 Å². The van der Waals surface area contributed by atoms with Crippen LogP contribution in [0.15, 0.2) is 0 Å². The molecule has 18 heavy (non-hydrogen) atoms. The maximum absolute atomic E-state index is 12.4. The lowest BCUT2D eigenvalue weighted by molar-refractivity contribution is -0.132. The maximum atomic E-state index is 12.4. The lowest BCUT2D eigenvalue weighted by atomic mass is 9.73. The Balaban J connectivity index is 1.85. The fraction of sp³-hybridized carbons (Fsp3) is 0.929. The molecule has 4 nitrogen and oxygen atoms in total. The lowest BCUT2D eigenvalue weighted by Crippen LogP contribution is -2.48. The van der Waals surface area contributed by atoms with Crippen LogP contribution in [-0.4, -0.2) is 31.7 Å². The molecule has 1 saturated heterocycles. The van der Waals surface area contributed by atoms with Crippen molar-refractivity contribution in [2.24, 2.45) is 17.1 Å². The summed E-state index contributed by atoms with van der Waals surface area (Å²) < 4.78 is 5.52. The highest BCUT2D eigenvalue weighted by molar-refractivity contribution is 5.83. The van der Waals surface area contributed by atoms with Gasteiger partial charge in [0.1, 0.15) is 0 Å². The molecule has 0 radical (unpaired) electrons. The summed E-state index contributed by atoms with van der Waals surface area (Å²) in [5, 5.41) is 3.12. The third-order valence-electron chi connectivity index (χ3n) is 4.74. The first-order valence-corrected chi connectivity index (χ1v) is 7.28. The molecule has 0 aromatic heterocycles. The summed E-state index contributed by atoms with van der Waals surface area (Å²) in [6.07, 6.45) is 6.73. The third-order valence-corrected chi connectivity index (χ3v) is 4.74. The minimum atomic E-state index is -0.291. The van der Waals surface area contributed by atoms with E-state index >= 15 is 0 Å². The van der Waals surface area contributed by atoms with E-state index in [1.807, 2.05) is 0 Å². The van der Waals surface area contributed by atoms with E-state index in [4.69, 9.17) is 10.5 Å². The molecule has 0 bridgehead atoms. The molecule has 1 aliphatic carbocycles. The largest absolute Gasteiger partial charge is 0.378 e. The normalized spacial score (nSPS) is 31.2. The van der Waals surface area contributed by atoms with Crippen LogP contribution in [0, 0.1) is 11.3 Å². The van der Waals surface area contributed by atoms with Crippen LogP contribution in [-0.2, 0) is 9.53 Å². The van der Waals surface area contributed by atoms with Gasteiger partial charge in [-0.05, 0) is 26.2 Å². The van der Waals surface area contributed by atoms with Gasteiger partial charge in [0.25, 0.3) is 0 Å². The number of nitrogens with two attached hydrogens (primary N) is 1. The number of rotatable bonds is 4. The Morgan fingerprint density at radius 3 is 2.67 bits per heavy atom. The van der Waals surface area contributed by atoms with Crippen molar-refractivity contribution in [3.05, 3.63) is 0 Å². The molecule has 2 aliphatic rings. The standard InChI is InChI=1S/C14H26N2O2/c1-11-12(5-8-18-11)9-16-13(17)14(10-15)6-3-2-4-7-14/h11-12H,2-10,15H2,1H3,(H,16,17). The van der Waals surface area contributed by atoms with E-state index in [9.17, 15) is 4.79 Å². The van der Waals surface area contributed by atoms with Crippen LogP contribution in [0.4, 0.5) is 0 Å². The van der Waals surface area contributed by atoms with Gasteiger partial charge in [-0.15, -0.1) is 0 Å². The van der Waals surface area contributed by atoms with E-state index < -0.39 is 0 Å². The minimum Gasteiger partial charge on any atom is -0.378 e. The van der Waals surface area contributed by atoms with Crippen molar-refractivity contribution >= 4 is 5.91 Å². The molecule has 104 valence electrons. The first kappa shape index (κ1) is 13.8. The number of ether oxygens (including phenoxy) is 1. The Morgan fingerprint density at radius 2 is 2.11 bits per heavy atom. The maximum Gasteiger partial charge on any atom is 0.227 e. The van der Waals surface area contributed by atoms with Crippen molar-refractivity contribution in [3.8, 4) is 0 Å². The number of carbonyl (C=O) groups excluding carboxylic acids is 1. The first-order chi connectivity index (χ1) is 8.68. The van der Waals surface area contributed by atoms with Gasteiger partial charge in [-0.25, -0.2) is 0 Å². The molecule has 2 fully saturated rings. The molecule has 2 atom stereocenters. The van der Waals surface area contributed by atoms with Crippen LogP contribution in [0.2, 0.25) is 0 Å². The van der Waals surface area contributed by atoms with Gasteiger partial charge < -0.3 is 15.8 Å². The Labute approximate surface area is 110 Å². The van der Waals surface area contributed by atoms with E-state index in [-0.39, 0.29) is 17.4 Å². The SMILES string of the molecule is CC1OCCC1CNC(=O)C1(CN)CCCCC1. The second-order valence-electron chi connectivity index (χ2n) is 5.88. The van der Waals surface area contributed by atoms with Gasteiger partial charge in [0.05, 0.1) is 11.5 Å². The predicted octanol–water partition coefficient (Wildman–Crippen LogP) is 1.44. The van der Waals surface area contributed by atoms with Crippen LogP contribution in [0.25, 0.3) is 0 Å². The Morgan fingerprint density at radius 1 is 1.39 bits per heavy atom. The zero-order valence-corrected chi connectivity index (χ0v) is 11.4. The monoisotopic (exact) mass is 254 g/mol. The molecule has 0 spiro atoms. The Bertz CT molecular complexity index is 288. The van der Waals surface area contributed by atoms with Crippen LogP contribution in [0.3, 0.4) is 0 Å². The number of carbonyl (C=O) groups is 1. The number of nitrogens with one attached hydrogen (secondary N) is 1. The molecular formula is C14H26N2O2. The summed E-state index contributed by atoms with van der Waals surface area (Å²) in [5.74, 6) is 0.635. The summed E-state index contributed by atoms with van der Waals surface area (Å²) in [6.45, 7) is 4.13. The highest BCUT2D eigenvalue weighted by atomic mass is 16.5. The fourth-order valence-corrected chi connectivity index (χ4v) is 3.21. The number of hydrogen-bond acceptors (Lipinski definition) is 3. The van der Waals surface area contributed by atoms with E-state index in [1.54, 1.807) is 0 Å². The van der Waals surface area contributed by atoms with Crippen molar-refractivity contribution < 1.29 is 9.53 Å². The molecule has 1 amide bonds. The molecule has 0 aromatic rings. The molecule has 2 unspecified atom stereocenters. The van der Waals surface area contributed by atoms with Crippen LogP contribution >= 0.6 is 0 Å². The molecule has 2 rings (SSSR count). The van der Waals surface area contributed by atoms with Gasteiger partial charge in [-0.1, -0.05) is 19.3 Å². The summed E-state index contributed by atoms with van der Waals surface area (Å²) >= 11 is 0. The zero-order valence-electron chi connectivity index (χ0n) is 11.4. The first-order valence-electron chi connectivity index (χ1n) is 7.28. The van der Waals surface area contributed by atoms with E-state index in [1.165, 1.54) is 6.42 Å². The summed E-state index contributed by atoms with van der Waals surface area (Å²) in [4.78, 5) is 12.4. The van der Waals surface area contributed by atoms with Crippen LogP contribution in [0.1, 0.15) is 45.4 Å². The van der Waals surface area contributed by atoms with Gasteiger partial charge in [-0.3, -0.25) is 4.79 Å². The van der Waals surface area contributed by atoms with Crippen molar-refractivity contribution in [2.75, 3.05) is 19.7 Å². The lowest BCUT2D eigenvalue weighted by Gasteiger charge is -2.35. The molecule has 1 aliphatic heterocycles. The molecule has 4 heteroatoms. The average Bonchev–Trinajstić information content (AvgIpc) is 2.82. The quantitative estimate of drug-likeness (QED) is 0.798. The van der Waals surface area contributed by atoms with E-state index in [2.05, 4.69) is 12.2 Å². The zero-order chi connectivity index (χ0) is 13.0. The summed E-state index contributed by atoms with van der Waals surface area (Å²) in [7, 11) is 0. The van der Waals surface area contributed by atoms with Gasteiger partial charge in [-0.2, -0.15) is 0 Å². The third kappa shape index (κ3) is 2.86. The topological polar surface area (TPSA) is 64.3 Å². The van der Waals surface area contributed by atoms with Crippen LogP contribution < -0.4 is 11.1 Å². The van der Waals surface area contributed by atoms with Gasteiger partial charge >= 0.3 is 0 Å². The molecule has 1 saturated carbocycles. The van der Waals surface area contributed by atoms with Gasteiger partial charge in [0.2, 0.25) is 5.91 Å². The van der Waals surface area contributed by atoms with Gasteiger partial charge in [0.15, 0.2) is 0 Å². The summed E-state index contributed by atoms with van der Waals surface area (Å²) in [5.41, 5.74) is 5.57. The second-order valence-corrected chi connectivity index (χ2v) is 5.88. The minimum absolute atomic E-state index is 0.170. The second kappa shape index (κ2) is 6.02. The van der Waals surface area contributed by atoms with Crippen molar-refractivity contribution in [2.45, 2.75) is 51.6 Å². The summed E-state index contributed by atoms with van der Waals surface area (Å²) in [6, 6.07) is 0. The number of hydrogen-bond donors (Lipinski definition) is 2. The molecule has 3 N–H and O–H groups in total. The molecular weight excluding hydrogens is 228 g/mol. The average molecular weight is 254 g/mol. The van der Waals surface area contributed by atoms with Crippen molar-refractivity contribution in [1.82, 2.24) is 5.32 Å². The molecule has 1 heterocycles. The highest BCUT2D eigenvalue weighted by Gasteiger charge is 2.38. The Hall–Kier alpha value is -0.610.